The van der Waals surface area contributed by atoms with Gasteiger partial charge in [0.25, 0.3) is 0 Å². The molecule has 0 saturated carbocycles. The molecule has 134 valence electrons. The minimum Gasteiger partial charge on any atom is -0.363 e. The van der Waals surface area contributed by atoms with Crippen molar-refractivity contribution in [2.75, 3.05) is 25.5 Å². The number of pyridine rings is 1. The zero-order valence-corrected chi connectivity index (χ0v) is 16.0. The van der Waals surface area contributed by atoms with Crippen LogP contribution in [0.3, 0.4) is 0 Å². The first kappa shape index (κ1) is 17.9. The molecule has 1 atom stereocenters. The van der Waals surface area contributed by atoms with Gasteiger partial charge in [0.2, 0.25) is 10.0 Å². The summed E-state index contributed by atoms with van der Waals surface area (Å²) in [5.41, 5.74) is 3.08. The van der Waals surface area contributed by atoms with E-state index in [-0.39, 0.29) is 6.04 Å². The number of benzene rings is 1. The summed E-state index contributed by atoms with van der Waals surface area (Å²) in [7, 11) is 0.417. The van der Waals surface area contributed by atoms with Crippen LogP contribution in [0.2, 0.25) is 0 Å². The molecule has 1 aliphatic heterocycles. The number of rotatable bonds is 4. The maximum Gasteiger partial charge on any atom is 0.243 e. The standard InChI is InChI=1S/C19H25N3O2S/c1-14-7-9-17(10-8-14)25(23,24)22-11-5-6-18(22)16-12-15(2)19(20-13-16)21(3)4/h7-10,12-13,18H,5-6,11H2,1-4H3. The Balaban J connectivity index is 1.95. The number of hydrogen-bond acceptors (Lipinski definition) is 4. The van der Waals surface area contributed by atoms with Crippen LogP contribution < -0.4 is 4.90 Å². The Morgan fingerprint density at radius 3 is 2.44 bits per heavy atom. The average molecular weight is 359 g/mol. The zero-order chi connectivity index (χ0) is 18.2. The van der Waals surface area contributed by atoms with E-state index in [9.17, 15) is 8.42 Å². The van der Waals surface area contributed by atoms with Gasteiger partial charge >= 0.3 is 0 Å². The summed E-state index contributed by atoms with van der Waals surface area (Å²) in [4.78, 5) is 6.86. The van der Waals surface area contributed by atoms with E-state index < -0.39 is 10.0 Å². The first-order valence-electron chi connectivity index (χ1n) is 8.53. The third kappa shape index (κ3) is 3.41. The maximum atomic E-state index is 13.1. The second-order valence-electron chi connectivity index (χ2n) is 6.89. The third-order valence-electron chi connectivity index (χ3n) is 4.71. The minimum absolute atomic E-state index is 0.145. The highest BCUT2D eigenvalue weighted by Gasteiger charge is 2.36. The van der Waals surface area contributed by atoms with Crippen LogP contribution in [0.15, 0.2) is 41.4 Å². The molecule has 1 unspecified atom stereocenters. The molecular weight excluding hydrogens is 334 g/mol. The number of aromatic nitrogens is 1. The van der Waals surface area contributed by atoms with Crippen LogP contribution in [0.1, 0.15) is 35.6 Å². The number of hydrogen-bond donors (Lipinski definition) is 0. The molecule has 2 aromatic rings. The van der Waals surface area contributed by atoms with Gasteiger partial charge in [-0.15, -0.1) is 0 Å². The molecule has 1 fully saturated rings. The van der Waals surface area contributed by atoms with Gasteiger partial charge in [-0.2, -0.15) is 4.31 Å². The van der Waals surface area contributed by atoms with E-state index in [4.69, 9.17) is 0 Å². The van der Waals surface area contributed by atoms with E-state index in [1.807, 2.05) is 51.2 Å². The molecule has 1 saturated heterocycles. The summed E-state index contributed by atoms with van der Waals surface area (Å²) in [6.45, 7) is 4.52. The van der Waals surface area contributed by atoms with Crippen LogP contribution in [0.4, 0.5) is 5.82 Å². The van der Waals surface area contributed by atoms with Crippen LogP contribution in [0.25, 0.3) is 0 Å². The second-order valence-corrected chi connectivity index (χ2v) is 8.78. The summed E-state index contributed by atoms with van der Waals surface area (Å²) < 4.78 is 27.8. The maximum absolute atomic E-state index is 13.1. The molecule has 0 amide bonds. The van der Waals surface area contributed by atoms with Gasteiger partial charge in [-0.1, -0.05) is 17.7 Å². The average Bonchev–Trinajstić information content (AvgIpc) is 3.05. The van der Waals surface area contributed by atoms with E-state index in [1.165, 1.54) is 0 Å². The van der Waals surface area contributed by atoms with Crippen molar-refractivity contribution in [1.29, 1.82) is 0 Å². The van der Waals surface area contributed by atoms with Crippen LogP contribution in [0.5, 0.6) is 0 Å². The summed E-state index contributed by atoms with van der Waals surface area (Å²) in [5.74, 6) is 0.912. The van der Waals surface area contributed by atoms with E-state index in [0.29, 0.717) is 11.4 Å². The number of anilines is 1. The van der Waals surface area contributed by atoms with E-state index in [2.05, 4.69) is 11.1 Å². The van der Waals surface area contributed by atoms with Crippen molar-refractivity contribution in [1.82, 2.24) is 9.29 Å². The lowest BCUT2D eigenvalue weighted by atomic mass is 10.1. The molecule has 3 rings (SSSR count). The molecule has 1 aliphatic rings. The normalized spacial score (nSPS) is 18.5. The molecule has 0 N–H and O–H groups in total. The summed E-state index contributed by atoms with van der Waals surface area (Å²) in [5, 5.41) is 0. The summed E-state index contributed by atoms with van der Waals surface area (Å²) in [6.07, 6.45) is 3.51. The van der Waals surface area contributed by atoms with Gasteiger partial charge in [0.15, 0.2) is 0 Å². The van der Waals surface area contributed by atoms with Gasteiger partial charge in [-0.25, -0.2) is 13.4 Å². The Hall–Kier alpha value is -1.92. The lowest BCUT2D eigenvalue weighted by Gasteiger charge is -2.25. The first-order chi connectivity index (χ1) is 11.8. The highest BCUT2D eigenvalue weighted by atomic mass is 32.2. The Morgan fingerprint density at radius 2 is 1.84 bits per heavy atom. The first-order valence-corrected chi connectivity index (χ1v) is 9.97. The second kappa shape index (κ2) is 6.77. The molecule has 0 radical (unpaired) electrons. The fourth-order valence-corrected chi connectivity index (χ4v) is 5.13. The fraction of sp³-hybridized carbons (Fsp3) is 0.421. The fourth-order valence-electron chi connectivity index (χ4n) is 3.45. The van der Waals surface area contributed by atoms with Crippen molar-refractivity contribution in [3.63, 3.8) is 0 Å². The largest absolute Gasteiger partial charge is 0.363 e. The zero-order valence-electron chi connectivity index (χ0n) is 15.2. The van der Waals surface area contributed by atoms with Crippen molar-refractivity contribution in [2.24, 2.45) is 0 Å². The minimum atomic E-state index is -3.50. The van der Waals surface area contributed by atoms with Crippen molar-refractivity contribution < 1.29 is 8.42 Å². The van der Waals surface area contributed by atoms with Gasteiger partial charge in [0, 0.05) is 26.8 Å². The molecular formula is C19H25N3O2S. The molecule has 0 bridgehead atoms. The van der Waals surface area contributed by atoms with Crippen molar-refractivity contribution >= 4 is 15.8 Å². The van der Waals surface area contributed by atoms with Crippen LogP contribution in [-0.4, -0.2) is 38.3 Å². The molecule has 1 aromatic heterocycles. The predicted octanol–water partition coefficient (Wildman–Crippen LogP) is 3.29. The predicted molar refractivity (Wildman–Crippen MR) is 100 cm³/mol. The lowest BCUT2D eigenvalue weighted by Crippen LogP contribution is -2.31. The molecule has 0 spiro atoms. The summed E-state index contributed by atoms with van der Waals surface area (Å²) in [6, 6.07) is 8.99. The lowest BCUT2D eigenvalue weighted by molar-refractivity contribution is 0.396. The van der Waals surface area contributed by atoms with E-state index in [1.54, 1.807) is 16.4 Å². The molecule has 0 aliphatic carbocycles. The van der Waals surface area contributed by atoms with Crippen molar-refractivity contribution in [3.05, 3.63) is 53.2 Å². The molecule has 25 heavy (non-hydrogen) atoms. The monoisotopic (exact) mass is 359 g/mol. The van der Waals surface area contributed by atoms with Crippen LogP contribution >= 0.6 is 0 Å². The van der Waals surface area contributed by atoms with Crippen molar-refractivity contribution in [2.45, 2.75) is 37.6 Å². The smallest absolute Gasteiger partial charge is 0.243 e. The Labute approximate surface area is 150 Å². The Bertz CT molecular complexity index is 861. The number of sulfonamides is 1. The van der Waals surface area contributed by atoms with Gasteiger partial charge in [0.05, 0.1) is 10.9 Å². The Kier molecular flexibility index (Phi) is 4.84. The SMILES string of the molecule is Cc1ccc(S(=O)(=O)N2CCCC2c2cnc(N(C)C)c(C)c2)cc1. The molecule has 2 heterocycles. The highest BCUT2D eigenvalue weighted by Crippen LogP contribution is 2.37. The van der Waals surface area contributed by atoms with Crippen LogP contribution in [-0.2, 0) is 10.0 Å². The van der Waals surface area contributed by atoms with E-state index >= 15 is 0 Å². The molecule has 5 nitrogen and oxygen atoms in total. The quantitative estimate of drug-likeness (QED) is 0.841. The van der Waals surface area contributed by atoms with E-state index in [0.717, 1.165) is 35.3 Å². The van der Waals surface area contributed by atoms with Gasteiger partial charge in [0.1, 0.15) is 5.82 Å². The van der Waals surface area contributed by atoms with Gasteiger partial charge < -0.3 is 4.90 Å². The van der Waals surface area contributed by atoms with Gasteiger partial charge in [-0.05, 0) is 56.0 Å². The van der Waals surface area contributed by atoms with Gasteiger partial charge in [-0.3, -0.25) is 0 Å². The number of aryl methyl sites for hydroxylation is 2. The molecule has 1 aromatic carbocycles. The Morgan fingerprint density at radius 1 is 1.16 bits per heavy atom. The molecule has 6 heteroatoms. The van der Waals surface area contributed by atoms with Crippen LogP contribution in [0, 0.1) is 13.8 Å². The topological polar surface area (TPSA) is 53.5 Å². The van der Waals surface area contributed by atoms with Crippen molar-refractivity contribution in [3.8, 4) is 0 Å². The third-order valence-corrected chi connectivity index (χ3v) is 6.63. The number of nitrogens with zero attached hydrogens (tertiary/aromatic N) is 3. The summed E-state index contributed by atoms with van der Waals surface area (Å²) >= 11 is 0. The highest BCUT2D eigenvalue weighted by molar-refractivity contribution is 7.89.